The highest BCUT2D eigenvalue weighted by Crippen LogP contribution is 2.41. The van der Waals surface area contributed by atoms with Crippen LogP contribution in [0.25, 0.3) is 0 Å². The van der Waals surface area contributed by atoms with Crippen LogP contribution < -0.4 is 4.74 Å². The second-order valence-corrected chi connectivity index (χ2v) is 7.03. The fourth-order valence-corrected chi connectivity index (χ4v) is 3.98. The molecule has 0 saturated carbocycles. The SMILES string of the molecule is O=C1CSC(c2cccc(OC(F)(F)F)c2)N1Cc1ccc(F)c(Cl)c1. The lowest BCUT2D eigenvalue weighted by molar-refractivity contribution is -0.274. The summed E-state index contributed by atoms with van der Waals surface area (Å²) >= 11 is 7.06. The molecule has 0 aromatic heterocycles. The van der Waals surface area contributed by atoms with Gasteiger partial charge in [0.1, 0.15) is 16.9 Å². The van der Waals surface area contributed by atoms with Crippen molar-refractivity contribution in [2.45, 2.75) is 18.3 Å². The molecule has 1 aliphatic rings. The molecule has 0 aliphatic carbocycles. The standard InChI is InChI=1S/C17H12ClF4NO2S/c18-13-6-10(4-5-14(13)19)8-23-15(24)9-26-16(23)11-2-1-3-12(7-11)25-17(20,21)22/h1-7,16H,8-9H2. The van der Waals surface area contributed by atoms with E-state index in [0.29, 0.717) is 11.1 Å². The summed E-state index contributed by atoms with van der Waals surface area (Å²) in [6.45, 7) is 0.168. The number of amides is 1. The van der Waals surface area contributed by atoms with Crippen molar-refractivity contribution in [3.63, 3.8) is 0 Å². The minimum atomic E-state index is -4.79. The molecule has 138 valence electrons. The molecular weight excluding hydrogens is 394 g/mol. The van der Waals surface area contributed by atoms with E-state index in [-0.39, 0.29) is 29.0 Å². The van der Waals surface area contributed by atoms with Crippen LogP contribution in [0.4, 0.5) is 17.6 Å². The van der Waals surface area contributed by atoms with E-state index in [1.54, 1.807) is 6.07 Å². The van der Waals surface area contributed by atoms with Crippen LogP contribution >= 0.6 is 23.4 Å². The summed E-state index contributed by atoms with van der Waals surface area (Å²) in [5.74, 6) is -0.877. The molecule has 26 heavy (non-hydrogen) atoms. The summed E-state index contributed by atoms with van der Waals surface area (Å²) in [4.78, 5) is 13.7. The van der Waals surface area contributed by atoms with Gasteiger partial charge in [-0.15, -0.1) is 24.9 Å². The highest BCUT2D eigenvalue weighted by atomic mass is 35.5. The molecule has 1 heterocycles. The average Bonchev–Trinajstić information content (AvgIpc) is 2.91. The van der Waals surface area contributed by atoms with E-state index in [1.165, 1.54) is 53.1 Å². The van der Waals surface area contributed by atoms with E-state index in [4.69, 9.17) is 11.6 Å². The Morgan fingerprint density at radius 2 is 2.00 bits per heavy atom. The van der Waals surface area contributed by atoms with Gasteiger partial charge in [0.15, 0.2) is 0 Å². The minimum Gasteiger partial charge on any atom is -0.406 e. The molecule has 1 unspecified atom stereocenters. The smallest absolute Gasteiger partial charge is 0.406 e. The van der Waals surface area contributed by atoms with Crippen LogP contribution in [-0.2, 0) is 11.3 Å². The second-order valence-electron chi connectivity index (χ2n) is 5.55. The Balaban J connectivity index is 1.83. The van der Waals surface area contributed by atoms with Crippen molar-refractivity contribution in [3.8, 4) is 5.75 Å². The molecule has 2 aromatic rings. The average molecular weight is 406 g/mol. The first-order valence-corrected chi connectivity index (χ1v) is 8.86. The first-order chi connectivity index (χ1) is 12.2. The molecule has 3 rings (SSSR count). The quantitative estimate of drug-likeness (QED) is 0.659. The molecule has 1 atom stereocenters. The minimum absolute atomic E-state index is 0.0566. The maximum absolute atomic E-state index is 13.3. The summed E-state index contributed by atoms with van der Waals surface area (Å²) in [7, 11) is 0. The van der Waals surface area contributed by atoms with Gasteiger partial charge >= 0.3 is 6.36 Å². The van der Waals surface area contributed by atoms with Crippen LogP contribution in [0, 0.1) is 5.82 Å². The normalized spacial score (nSPS) is 17.7. The zero-order valence-corrected chi connectivity index (χ0v) is 14.7. The molecule has 0 spiro atoms. The van der Waals surface area contributed by atoms with Crippen LogP contribution in [0.2, 0.25) is 5.02 Å². The Hall–Kier alpha value is -1.93. The van der Waals surface area contributed by atoms with E-state index >= 15 is 0 Å². The topological polar surface area (TPSA) is 29.5 Å². The van der Waals surface area contributed by atoms with Gasteiger partial charge in [-0.2, -0.15) is 0 Å². The number of carbonyl (C=O) groups is 1. The number of hydrogen-bond donors (Lipinski definition) is 0. The molecule has 3 nitrogen and oxygen atoms in total. The predicted molar refractivity (Wildman–Crippen MR) is 90.3 cm³/mol. The van der Waals surface area contributed by atoms with Crippen molar-refractivity contribution in [2.24, 2.45) is 0 Å². The predicted octanol–water partition coefficient (Wildman–Crippen LogP) is 5.15. The van der Waals surface area contributed by atoms with Crippen molar-refractivity contribution in [1.29, 1.82) is 0 Å². The van der Waals surface area contributed by atoms with Gasteiger partial charge in [-0.3, -0.25) is 4.79 Å². The highest BCUT2D eigenvalue weighted by molar-refractivity contribution is 8.00. The Labute approximate surface area is 155 Å². The maximum Gasteiger partial charge on any atom is 0.573 e. The van der Waals surface area contributed by atoms with Gasteiger partial charge in [-0.05, 0) is 35.4 Å². The van der Waals surface area contributed by atoms with E-state index in [2.05, 4.69) is 4.74 Å². The van der Waals surface area contributed by atoms with Gasteiger partial charge in [-0.1, -0.05) is 29.8 Å². The van der Waals surface area contributed by atoms with Crippen molar-refractivity contribution in [3.05, 3.63) is 64.4 Å². The molecule has 0 bridgehead atoms. The number of ether oxygens (including phenoxy) is 1. The van der Waals surface area contributed by atoms with E-state index in [0.717, 1.165) is 0 Å². The van der Waals surface area contributed by atoms with Crippen molar-refractivity contribution in [1.82, 2.24) is 4.90 Å². The summed E-state index contributed by atoms with van der Waals surface area (Å²) in [5, 5.41) is -0.526. The Morgan fingerprint density at radius 3 is 2.69 bits per heavy atom. The van der Waals surface area contributed by atoms with Crippen molar-refractivity contribution >= 4 is 29.3 Å². The number of rotatable bonds is 4. The van der Waals surface area contributed by atoms with E-state index in [9.17, 15) is 22.4 Å². The summed E-state index contributed by atoms with van der Waals surface area (Å²) in [5.41, 5.74) is 1.13. The molecule has 2 aromatic carbocycles. The lowest BCUT2D eigenvalue weighted by Crippen LogP contribution is -2.27. The summed E-state index contributed by atoms with van der Waals surface area (Å²) in [6.07, 6.45) is -4.79. The molecule has 1 aliphatic heterocycles. The molecule has 0 radical (unpaired) electrons. The molecule has 1 amide bonds. The number of halogens is 5. The van der Waals surface area contributed by atoms with Gasteiger partial charge in [0.2, 0.25) is 5.91 Å². The number of alkyl halides is 3. The summed E-state index contributed by atoms with van der Waals surface area (Å²) < 4.78 is 54.5. The number of nitrogens with zero attached hydrogens (tertiary/aromatic N) is 1. The number of thioether (sulfide) groups is 1. The van der Waals surface area contributed by atoms with E-state index < -0.39 is 17.6 Å². The van der Waals surface area contributed by atoms with Crippen LogP contribution in [0.1, 0.15) is 16.5 Å². The monoisotopic (exact) mass is 405 g/mol. The third kappa shape index (κ3) is 4.42. The second kappa shape index (κ2) is 7.36. The molecular formula is C17H12ClF4NO2S. The molecule has 9 heteroatoms. The third-order valence-corrected chi connectivity index (χ3v) is 5.23. The lowest BCUT2D eigenvalue weighted by atomic mass is 10.1. The van der Waals surface area contributed by atoms with Crippen molar-refractivity contribution < 1.29 is 27.1 Å². The maximum atomic E-state index is 13.3. The Kier molecular flexibility index (Phi) is 5.34. The Bertz CT molecular complexity index is 831. The van der Waals surface area contributed by atoms with Crippen LogP contribution in [-0.4, -0.2) is 22.9 Å². The summed E-state index contributed by atoms with van der Waals surface area (Å²) in [6, 6.07) is 9.66. The van der Waals surface area contributed by atoms with E-state index in [1.807, 2.05) is 0 Å². The third-order valence-electron chi connectivity index (χ3n) is 3.68. The first-order valence-electron chi connectivity index (χ1n) is 7.43. The van der Waals surface area contributed by atoms with Crippen LogP contribution in [0.15, 0.2) is 42.5 Å². The number of benzene rings is 2. The van der Waals surface area contributed by atoms with Gasteiger partial charge in [-0.25, -0.2) is 4.39 Å². The fraction of sp³-hybridized carbons (Fsp3) is 0.235. The largest absolute Gasteiger partial charge is 0.573 e. The zero-order chi connectivity index (χ0) is 18.9. The van der Waals surface area contributed by atoms with Gasteiger partial charge in [0.25, 0.3) is 0 Å². The van der Waals surface area contributed by atoms with Crippen LogP contribution in [0.3, 0.4) is 0 Å². The van der Waals surface area contributed by atoms with Gasteiger partial charge in [0.05, 0.1) is 10.8 Å². The van der Waals surface area contributed by atoms with Crippen molar-refractivity contribution in [2.75, 3.05) is 5.75 Å². The van der Waals surface area contributed by atoms with Gasteiger partial charge in [0, 0.05) is 6.54 Å². The molecule has 0 N–H and O–H groups in total. The lowest BCUT2D eigenvalue weighted by Gasteiger charge is -2.25. The first kappa shape index (κ1) is 18.8. The van der Waals surface area contributed by atoms with Crippen LogP contribution in [0.5, 0.6) is 5.75 Å². The molecule has 1 saturated heterocycles. The number of hydrogen-bond acceptors (Lipinski definition) is 3. The zero-order valence-electron chi connectivity index (χ0n) is 13.1. The van der Waals surface area contributed by atoms with Gasteiger partial charge < -0.3 is 9.64 Å². The highest BCUT2D eigenvalue weighted by Gasteiger charge is 2.34. The number of carbonyl (C=O) groups excluding carboxylic acids is 1. The fourth-order valence-electron chi connectivity index (χ4n) is 2.60. The Morgan fingerprint density at radius 1 is 1.23 bits per heavy atom. The molecule has 1 fully saturated rings.